The Bertz CT molecular complexity index is 491. The van der Waals surface area contributed by atoms with E-state index in [2.05, 4.69) is 10.3 Å². The number of carboxylic acids is 1. The summed E-state index contributed by atoms with van der Waals surface area (Å²) in [6.07, 6.45) is 0.283. The van der Waals surface area contributed by atoms with Crippen molar-refractivity contribution in [2.75, 3.05) is 13.2 Å². The third kappa shape index (κ3) is 2.23. The van der Waals surface area contributed by atoms with Crippen LogP contribution in [0, 0.1) is 13.8 Å². The Balaban J connectivity index is 2.20. The Morgan fingerprint density at radius 2 is 2.22 bits per heavy atom. The average molecular weight is 270 g/mol. The monoisotopic (exact) mass is 270 g/mol. The molecule has 7 heteroatoms. The molecule has 1 saturated heterocycles. The van der Waals surface area contributed by atoms with Gasteiger partial charge in [-0.1, -0.05) is 0 Å². The standard InChI is InChI=1S/C11H14N2O4S/c1-6-8(18-7(2)12-6)9(14)13-11(10(15)16)3-4-17-5-11/h3-5H2,1-2H3,(H,13,14)(H,15,16). The van der Waals surface area contributed by atoms with Gasteiger partial charge in [0.15, 0.2) is 5.54 Å². The van der Waals surface area contributed by atoms with E-state index in [9.17, 15) is 14.7 Å². The molecule has 1 aliphatic heterocycles. The fraction of sp³-hybridized carbons (Fsp3) is 0.545. The lowest BCUT2D eigenvalue weighted by Crippen LogP contribution is -2.55. The summed E-state index contributed by atoms with van der Waals surface area (Å²) in [4.78, 5) is 28.0. The SMILES string of the molecule is Cc1nc(C)c(C(=O)NC2(C(=O)O)CCOC2)s1. The zero-order chi connectivity index (χ0) is 13.3. The number of hydrogen-bond donors (Lipinski definition) is 2. The Hall–Kier alpha value is -1.47. The number of thiazole rings is 1. The molecule has 1 atom stereocenters. The second-order valence-electron chi connectivity index (χ2n) is 4.29. The van der Waals surface area contributed by atoms with Crippen molar-refractivity contribution in [3.05, 3.63) is 15.6 Å². The van der Waals surface area contributed by atoms with E-state index in [0.717, 1.165) is 5.01 Å². The van der Waals surface area contributed by atoms with Gasteiger partial charge >= 0.3 is 5.97 Å². The van der Waals surface area contributed by atoms with Gasteiger partial charge in [-0.25, -0.2) is 9.78 Å². The predicted octanol–water partition coefficient (Wildman–Crippen LogP) is 0.733. The van der Waals surface area contributed by atoms with Crippen LogP contribution < -0.4 is 5.32 Å². The number of aryl methyl sites for hydroxylation is 2. The number of carbonyl (C=O) groups is 2. The second kappa shape index (κ2) is 4.66. The highest BCUT2D eigenvalue weighted by Crippen LogP contribution is 2.22. The van der Waals surface area contributed by atoms with Gasteiger partial charge in [-0.05, 0) is 13.8 Å². The second-order valence-corrected chi connectivity index (χ2v) is 5.49. The number of rotatable bonds is 3. The number of amides is 1. The number of aromatic nitrogens is 1. The van der Waals surface area contributed by atoms with Crippen LogP contribution in [-0.4, -0.2) is 40.7 Å². The molecule has 98 valence electrons. The van der Waals surface area contributed by atoms with Crippen molar-refractivity contribution < 1.29 is 19.4 Å². The molecule has 1 aromatic rings. The van der Waals surface area contributed by atoms with Gasteiger partial charge in [-0.2, -0.15) is 0 Å². The lowest BCUT2D eigenvalue weighted by atomic mass is 9.99. The molecular formula is C11H14N2O4S. The van der Waals surface area contributed by atoms with Crippen LogP contribution in [0.4, 0.5) is 0 Å². The van der Waals surface area contributed by atoms with Gasteiger partial charge in [-0.15, -0.1) is 11.3 Å². The zero-order valence-electron chi connectivity index (χ0n) is 10.1. The molecule has 6 nitrogen and oxygen atoms in total. The van der Waals surface area contributed by atoms with E-state index in [1.165, 1.54) is 11.3 Å². The van der Waals surface area contributed by atoms with Crippen LogP contribution in [0.2, 0.25) is 0 Å². The smallest absolute Gasteiger partial charge is 0.331 e. The maximum atomic E-state index is 12.1. The molecule has 1 unspecified atom stereocenters. The fourth-order valence-electron chi connectivity index (χ4n) is 1.90. The largest absolute Gasteiger partial charge is 0.479 e. The first-order valence-electron chi connectivity index (χ1n) is 5.52. The number of nitrogens with one attached hydrogen (secondary N) is 1. The van der Waals surface area contributed by atoms with Crippen LogP contribution in [0.1, 0.15) is 26.8 Å². The number of nitrogens with zero attached hydrogens (tertiary/aromatic N) is 1. The minimum absolute atomic E-state index is 0.00487. The quantitative estimate of drug-likeness (QED) is 0.845. The molecule has 0 bridgehead atoms. The molecule has 18 heavy (non-hydrogen) atoms. The summed E-state index contributed by atoms with van der Waals surface area (Å²) in [5.41, 5.74) is -0.684. The van der Waals surface area contributed by atoms with E-state index < -0.39 is 17.4 Å². The molecule has 0 radical (unpaired) electrons. The summed E-state index contributed by atoms with van der Waals surface area (Å²) in [6, 6.07) is 0. The fourth-order valence-corrected chi connectivity index (χ4v) is 2.72. The molecule has 0 spiro atoms. The van der Waals surface area contributed by atoms with E-state index in [-0.39, 0.29) is 13.0 Å². The molecule has 1 aliphatic rings. The summed E-state index contributed by atoms with van der Waals surface area (Å²) < 4.78 is 5.09. The van der Waals surface area contributed by atoms with Crippen molar-refractivity contribution in [1.82, 2.24) is 10.3 Å². The normalized spacial score (nSPS) is 23.0. The zero-order valence-corrected chi connectivity index (χ0v) is 11.0. The Morgan fingerprint density at radius 3 is 2.67 bits per heavy atom. The summed E-state index contributed by atoms with van der Waals surface area (Å²) in [7, 11) is 0. The van der Waals surface area contributed by atoms with Crippen molar-refractivity contribution in [1.29, 1.82) is 0 Å². The van der Waals surface area contributed by atoms with Gasteiger partial charge in [0.1, 0.15) is 4.88 Å². The van der Waals surface area contributed by atoms with Gasteiger partial charge in [-0.3, -0.25) is 4.79 Å². The molecular weight excluding hydrogens is 256 g/mol. The van der Waals surface area contributed by atoms with E-state index in [0.29, 0.717) is 17.2 Å². The van der Waals surface area contributed by atoms with E-state index >= 15 is 0 Å². The van der Waals surface area contributed by atoms with Crippen molar-refractivity contribution in [3.8, 4) is 0 Å². The lowest BCUT2D eigenvalue weighted by Gasteiger charge is -2.23. The van der Waals surface area contributed by atoms with Crippen LogP contribution in [0.15, 0.2) is 0 Å². The van der Waals surface area contributed by atoms with Gasteiger partial charge in [0, 0.05) is 13.0 Å². The number of carboxylic acid groups (broad SMARTS) is 1. The van der Waals surface area contributed by atoms with E-state index in [1.807, 2.05) is 0 Å². The van der Waals surface area contributed by atoms with E-state index in [4.69, 9.17) is 4.74 Å². The Morgan fingerprint density at radius 1 is 1.50 bits per heavy atom. The molecule has 0 saturated carbocycles. The predicted molar refractivity (Wildman–Crippen MR) is 64.9 cm³/mol. The first-order chi connectivity index (χ1) is 8.44. The molecule has 0 aliphatic carbocycles. The van der Waals surface area contributed by atoms with Crippen LogP contribution in [0.5, 0.6) is 0 Å². The molecule has 1 fully saturated rings. The molecule has 2 N–H and O–H groups in total. The Kier molecular flexibility index (Phi) is 3.36. The maximum Gasteiger partial charge on any atom is 0.331 e. The molecule has 1 aromatic heterocycles. The van der Waals surface area contributed by atoms with Crippen LogP contribution in [0.25, 0.3) is 0 Å². The summed E-state index contributed by atoms with van der Waals surface area (Å²) >= 11 is 1.26. The van der Waals surface area contributed by atoms with Crippen molar-refractivity contribution >= 4 is 23.2 Å². The third-order valence-corrected chi connectivity index (χ3v) is 3.97. The minimum Gasteiger partial charge on any atom is -0.479 e. The summed E-state index contributed by atoms with van der Waals surface area (Å²) in [5, 5.41) is 12.6. The Labute approximate surface area is 108 Å². The minimum atomic E-state index is -1.30. The summed E-state index contributed by atoms with van der Waals surface area (Å²) in [5.74, 6) is -1.46. The van der Waals surface area contributed by atoms with Crippen LogP contribution >= 0.6 is 11.3 Å². The van der Waals surface area contributed by atoms with E-state index in [1.54, 1.807) is 13.8 Å². The number of aliphatic carboxylic acids is 1. The molecule has 2 heterocycles. The topological polar surface area (TPSA) is 88.5 Å². The first kappa shape index (κ1) is 13.0. The highest BCUT2D eigenvalue weighted by atomic mass is 32.1. The van der Waals surface area contributed by atoms with Gasteiger partial charge in [0.2, 0.25) is 0 Å². The highest BCUT2D eigenvalue weighted by Gasteiger charge is 2.44. The van der Waals surface area contributed by atoms with Crippen LogP contribution in [0.3, 0.4) is 0 Å². The van der Waals surface area contributed by atoms with Crippen molar-refractivity contribution in [3.63, 3.8) is 0 Å². The summed E-state index contributed by atoms with van der Waals surface area (Å²) in [6.45, 7) is 3.88. The maximum absolute atomic E-state index is 12.1. The van der Waals surface area contributed by atoms with Crippen molar-refractivity contribution in [2.45, 2.75) is 25.8 Å². The number of carbonyl (C=O) groups excluding carboxylic acids is 1. The molecule has 0 aromatic carbocycles. The van der Waals surface area contributed by atoms with Gasteiger partial charge in [0.05, 0.1) is 17.3 Å². The van der Waals surface area contributed by atoms with Gasteiger partial charge in [0.25, 0.3) is 5.91 Å². The van der Waals surface area contributed by atoms with Crippen molar-refractivity contribution in [2.24, 2.45) is 0 Å². The number of ether oxygens (including phenoxy) is 1. The third-order valence-electron chi connectivity index (χ3n) is 2.89. The molecule has 1 amide bonds. The highest BCUT2D eigenvalue weighted by molar-refractivity contribution is 7.13. The first-order valence-corrected chi connectivity index (χ1v) is 6.34. The molecule has 2 rings (SSSR count). The number of hydrogen-bond acceptors (Lipinski definition) is 5. The lowest BCUT2D eigenvalue weighted by molar-refractivity contribution is -0.144. The van der Waals surface area contributed by atoms with Gasteiger partial charge < -0.3 is 15.2 Å². The van der Waals surface area contributed by atoms with Crippen LogP contribution in [-0.2, 0) is 9.53 Å². The average Bonchev–Trinajstić information content (AvgIpc) is 2.86.